The number of amides is 1. The van der Waals surface area contributed by atoms with E-state index in [1.54, 1.807) is 22.9 Å². The van der Waals surface area contributed by atoms with Crippen molar-refractivity contribution in [2.75, 3.05) is 12.3 Å². The Morgan fingerprint density at radius 3 is 2.96 bits per heavy atom. The zero-order valence-corrected chi connectivity index (χ0v) is 14.7. The number of nitrogens with two attached hydrogens (primary N) is 1. The van der Waals surface area contributed by atoms with E-state index >= 15 is 0 Å². The average molecular weight is 385 g/mol. The van der Waals surface area contributed by atoms with E-state index in [1.165, 1.54) is 18.9 Å². The number of imidazole rings is 1. The van der Waals surface area contributed by atoms with E-state index < -0.39 is 30.3 Å². The van der Waals surface area contributed by atoms with Crippen LogP contribution < -0.4 is 11.1 Å². The van der Waals surface area contributed by atoms with Crippen LogP contribution in [-0.4, -0.2) is 71.6 Å². The van der Waals surface area contributed by atoms with E-state index in [2.05, 4.69) is 25.3 Å². The second-order valence-electron chi connectivity index (χ2n) is 6.50. The standard InChI is InChI=1S/C17H19N7O4/c18-15-12-16(21-7-20-15)22-8-24(12)5-11-14(26)13(25)10(6-28-11)23-17(27)9-2-1-3-19-4-9/h1-4,7-8,10-11,13-14,25-26H,5-6H2,(H,23,27)(H2,18,20,21)/t10-,11-,13+,14-/m1/s1. The number of ether oxygens (including phenoxy) is 1. The highest BCUT2D eigenvalue weighted by molar-refractivity contribution is 5.94. The van der Waals surface area contributed by atoms with Gasteiger partial charge in [0, 0.05) is 12.4 Å². The number of carbonyl (C=O) groups is 1. The van der Waals surface area contributed by atoms with Crippen molar-refractivity contribution in [3.05, 3.63) is 42.7 Å². The maximum Gasteiger partial charge on any atom is 0.253 e. The largest absolute Gasteiger partial charge is 0.388 e. The third-order valence-corrected chi connectivity index (χ3v) is 4.69. The van der Waals surface area contributed by atoms with Crippen LogP contribution >= 0.6 is 0 Å². The molecule has 0 unspecified atom stereocenters. The van der Waals surface area contributed by atoms with Gasteiger partial charge in [-0.05, 0) is 12.1 Å². The molecule has 4 rings (SSSR count). The fourth-order valence-corrected chi connectivity index (χ4v) is 3.19. The molecule has 0 saturated carbocycles. The van der Waals surface area contributed by atoms with Crippen molar-refractivity contribution in [1.29, 1.82) is 0 Å². The Hall–Kier alpha value is -3.15. The van der Waals surface area contributed by atoms with E-state index in [-0.39, 0.29) is 19.0 Å². The fourth-order valence-electron chi connectivity index (χ4n) is 3.19. The SMILES string of the molecule is Nc1ncnc2ncn(C[C@H]3OC[C@@H](NC(=O)c4cccnc4)[C@H](O)[C@@H]3O)c12. The Balaban J connectivity index is 1.44. The summed E-state index contributed by atoms with van der Waals surface area (Å²) in [5.41, 5.74) is 7.19. The van der Waals surface area contributed by atoms with Crippen molar-refractivity contribution >= 4 is 22.9 Å². The van der Waals surface area contributed by atoms with Crippen LogP contribution in [0, 0.1) is 0 Å². The lowest BCUT2D eigenvalue weighted by Gasteiger charge is -2.38. The number of fused-ring (bicyclic) bond motifs is 1. The molecule has 28 heavy (non-hydrogen) atoms. The molecular formula is C17H19N7O4. The number of aliphatic hydroxyl groups excluding tert-OH is 2. The zero-order chi connectivity index (χ0) is 19.7. The molecule has 4 heterocycles. The summed E-state index contributed by atoms with van der Waals surface area (Å²) in [5, 5.41) is 23.6. The summed E-state index contributed by atoms with van der Waals surface area (Å²) in [5.74, 6) is -0.146. The van der Waals surface area contributed by atoms with Gasteiger partial charge in [-0.25, -0.2) is 15.0 Å². The summed E-state index contributed by atoms with van der Waals surface area (Å²) in [7, 11) is 0. The number of anilines is 1. The number of rotatable bonds is 4. The average Bonchev–Trinajstić information content (AvgIpc) is 3.12. The van der Waals surface area contributed by atoms with Crippen LogP contribution in [0.5, 0.6) is 0 Å². The second-order valence-corrected chi connectivity index (χ2v) is 6.50. The molecule has 1 amide bonds. The molecule has 146 valence electrons. The molecule has 5 N–H and O–H groups in total. The number of pyridine rings is 1. The topological polar surface area (TPSA) is 161 Å². The van der Waals surface area contributed by atoms with Crippen LogP contribution in [0.1, 0.15) is 10.4 Å². The molecule has 4 atom stereocenters. The van der Waals surface area contributed by atoms with Crippen LogP contribution in [-0.2, 0) is 11.3 Å². The molecule has 1 aliphatic heterocycles. The van der Waals surface area contributed by atoms with Gasteiger partial charge in [0.25, 0.3) is 5.91 Å². The molecular weight excluding hydrogens is 366 g/mol. The first-order valence-corrected chi connectivity index (χ1v) is 8.64. The van der Waals surface area contributed by atoms with Crippen LogP contribution in [0.3, 0.4) is 0 Å². The summed E-state index contributed by atoms with van der Waals surface area (Å²) in [6.45, 7) is 0.225. The highest BCUT2D eigenvalue weighted by Crippen LogP contribution is 2.21. The normalized spacial score (nSPS) is 24.9. The third kappa shape index (κ3) is 3.38. The highest BCUT2D eigenvalue weighted by Gasteiger charge is 2.39. The lowest BCUT2D eigenvalue weighted by molar-refractivity contribution is -0.152. The zero-order valence-electron chi connectivity index (χ0n) is 14.7. The summed E-state index contributed by atoms with van der Waals surface area (Å²) in [6.07, 6.45) is 2.66. The lowest BCUT2D eigenvalue weighted by Crippen LogP contribution is -2.59. The van der Waals surface area contributed by atoms with Gasteiger partial charge in [0.05, 0.1) is 31.1 Å². The number of nitrogen functional groups attached to an aromatic ring is 1. The number of nitrogens with zero attached hydrogens (tertiary/aromatic N) is 5. The minimum Gasteiger partial charge on any atom is -0.388 e. The molecule has 3 aromatic heterocycles. The summed E-state index contributed by atoms with van der Waals surface area (Å²) < 4.78 is 7.37. The van der Waals surface area contributed by atoms with E-state index in [0.29, 0.717) is 16.7 Å². The number of hydrogen-bond acceptors (Lipinski definition) is 9. The molecule has 0 spiro atoms. The maximum atomic E-state index is 12.2. The molecule has 0 radical (unpaired) electrons. The Bertz CT molecular complexity index is 980. The Labute approximate surface area is 159 Å². The summed E-state index contributed by atoms with van der Waals surface area (Å²) >= 11 is 0. The predicted molar refractivity (Wildman–Crippen MR) is 97.0 cm³/mol. The third-order valence-electron chi connectivity index (χ3n) is 4.69. The maximum absolute atomic E-state index is 12.2. The molecule has 1 fully saturated rings. The molecule has 11 nitrogen and oxygen atoms in total. The number of nitrogens with one attached hydrogen (secondary N) is 1. The van der Waals surface area contributed by atoms with Gasteiger partial charge in [-0.3, -0.25) is 9.78 Å². The van der Waals surface area contributed by atoms with Crippen molar-refractivity contribution in [1.82, 2.24) is 29.8 Å². The lowest BCUT2D eigenvalue weighted by atomic mass is 9.97. The highest BCUT2D eigenvalue weighted by atomic mass is 16.5. The first-order chi connectivity index (χ1) is 13.5. The van der Waals surface area contributed by atoms with Crippen molar-refractivity contribution < 1.29 is 19.7 Å². The van der Waals surface area contributed by atoms with E-state index in [1.807, 2.05) is 0 Å². The summed E-state index contributed by atoms with van der Waals surface area (Å²) in [6, 6.07) is 2.49. The van der Waals surface area contributed by atoms with Crippen LogP contribution in [0.25, 0.3) is 11.2 Å². The van der Waals surface area contributed by atoms with Gasteiger partial charge in [-0.2, -0.15) is 0 Å². The van der Waals surface area contributed by atoms with Crippen molar-refractivity contribution in [3.8, 4) is 0 Å². The van der Waals surface area contributed by atoms with Crippen molar-refractivity contribution in [2.45, 2.75) is 30.9 Å². The number of aromatic nitrogens is 5. The minimum atomic E-state index is -1.23. The van der Waals surface area contributed by atoms with Crippen LogP contribution in [0.15, 0.2) is 37.2 Å². The van der Waals surface area contributed by atoms with Gasteiger partial charge in [0.15, 0.2) is 11.5 Å². The predicted octanol–water partition coefficient (Wildman–Crippen LogP) is -1.28. The van der Waals surface area contributed by atoms with Gasteiger partial charge in [-0.1, -0.05) is 0 Å². The van der Waals surface area contributed by atoms with Crippen LogP contribution in [0.4, 0.5) is 5.82 Å². The molecule has 0 bridgehead atoms. The van der Waals surface area contributed by atoms with E-state index in [4.69, 9.17) is 10.5 Å². The fraction of sp³-hybridized carbons (Fsp3) is 0.353. The molecule has 11 heteroatoms. The first-order valence-electron chi connectivity index (χ1n) is 8.64. The Kier molecular flexibility index (Phi) is 4.86. The van der Waals surface area contributed by atoms with Gasteiger partial charge in [0.2, 0.25) is 0 Å². The second kappa shape index (κ2) is 7.46. The van der Waals surface area contributed by atoms with Crippen molar-refractivity contribution in [3.63, 3.8) is 0 Å². The molecule has 0 aliphatic carbocycles. The molecule has 1 aliphatic rings. The van der Waals surface area contributed by atoms with E-state index in [0.717, 1.165) is 0 Å². The minimum absolute atomic E-state index is 0.0352. The van der Waals surface area contributed by atoms with Gasteiger partial charge in [0.1, 0.15) is 30.2 Å². The smallest absolute Gasteiger partial charge is 0.253 e. The molecule has 1 saturated heterocycles. The number of aliphatic hydroxyl groups is 2. The molecule has 3 aromatic rings. The number of carbonyl (C=O) groups excluding carboxylic acids is 1. The molecule has 0 aromatic carbocycles. The van der Waals surface area contributed by atoms with Gasteiger partial charge < -0.3 is 30.6 Å². The van der Waals surface area contributed by atoms with Gasteiger partial charge in [-0.15, -0.1) is 0 Å². The number of hydrogen-bond donors (Lipinski definition) is 4. The quantitative estimate of drug-likeness (QED) is 0.429. The van der Waals surface area contributed by atoms with Gasteiger partial charge >= 0.3 is 0 Å². The van der Waals surface area contributed by atoms with Crippen molar-refractivity contribution in [2.24, 2.45) is 0 Å². The van der Waals surface area contributed by atoms with E-state index in [9.17, 15) is 15.0 Å². The monoisotopic (exact) mass is 385 g/mol. The summed E-state index contributed by atoms with van der Waals surface area (Å²) in [4.78, 5) is 28.3. The van der Waals surface area contributed by atoms with Crippen LogP contribution in [0.2, 0.25) is 0 Å². The first kappa shape index (κ1) is 18.2. The Morgan fingerprint density at radius 1 is 1.32 bits per heavy atom. The Morgan fingerprint density at radius 2 is 2.18 bits per heavy atom.